The van der Waals surface area contributed by atoms with Crippen LogP contribution in [0.5, 0.6) is 0 Å². The minimum Gasteiger partial charge on any atom is -0.350 e. The van der Waals surface area contributed by atoms with E-state index in [1.165, 1.54) is 24.8 Å². The van der Waals surface area contributed by atoms with E-state index in [0.717, 1.165) is 31.4 Å². The monoisotopic (exact) mass is 218 g/mol. The summed E-state index contributed by atoms with van der Waals surface area (Å²) in [5.41, 5.74) is 1.31. The topological polar surface area (TPSA) is 49.8 Å². The average molecular weight is 218 g/mol. The van der Waals surface area contributed by atoms with Crippen molar-refractivity contribution in [3.05, 3.63) is 18.0 Å². The fraction of sp³-hybridized carbons (Fsp3) is 0.667. The van der Waals surface area contributed by atoms with E-state index in [1.54, 1.807) is 0 Å². The van der Waals surface area contributed by atoms with Crippen LogP contribution in [0.2, 0.25) is 0 Å². The highest BCUT2D eigenvalue weighted by Crippen LogP contribution is 2.35. The van der Waals surface area contributed by atoms with Gasteiger partial charge in [-0.2, -0.15) is 0 Å². The molecular formula is C12H18N4. The van der Waals surface area contributed by atoms with Gasteiger partial charge in [-0.05, 0) is 37.3 Å². The molecule has 1 aliphatic carbocycles. The zero-order valence-corrected chi connectivity index (χ0v) is 9.45. The molecular weight excluding hydrogens is 200 g/mol. The maximum Gasteiger partial charge on any atom is 0.222 e. The van der Waals surface area contributed by atoms with Crippen molar-refractivity contribution < 1.29 is 0 Å². The first-order valence-electron chi connectivity index (χ1n) is 6.21. The summed E-state index contributed by atoms with van der Waals surface area (Å²) < 4.78 is 0. The molecule has 2 fully saturated rings. The van der Waals surface area contributed by atoms with Gasteiger partial charge in [-0.3, -0.25) is 0 Å². The van der Waals surface area contributed by atoms with Crippen molar-refractivity contribution in [2.45, 2.75) is 37.6 Å². The minimum atomic E-state index is 0.495. The molecule has 0 radical (unpaired) electrons. The molecule has 2 N–H and O–H groups in total. The van der Waals surface area contributed by atoms with Crippen molar-refractivity contribution in [2.75, 3.05) is 18.4 Å². The Morgan fingerprint density at radius 3 is 2.56 bits per heavy atom. The summed E-state index contributed by atoms with van der Waals surface area (Å²) in [4.78, 5) is 8.79. The van der Waals surface area contributed by atoms with Gasteiger partial charge in [-0.15, -0.1) is 0 Å². The summed E-state index contributed by atoms with van der Waals surface area (Å²) in [5.74, 6) is 1.50. The second kappa shape index (κ2) is 4.37. The van der Waals surface area contributed by atoms with Gasteiger partial charge < -0.3 is 10.6 Å². The fourth-order valence-electron chi connectivity index (χ4n) is 2.33. The number of rotatable bonds is 3. The van der Waals surface area contributed by atoms with E-state index in [9.17, 15) is 0 Å². The van der Waals surface area contributed by atoms with Gasteiger partial charge >= 0.3 is 0 Å². The number of aromatic nitrogens is 2. The number of nitrogens with zero attached hydrogens (tertiary/aromatic N) is 2. The molecule has 0 aromatic carbocycles. The van der Waals surface area contributed by atoms with E-state index in [1.807, 2.05) is 12.4 Å². The first kappa shape index (κ1) is 10.0. The lowest BCUT2D eigenvalue weighted by atomic mass is 9.81. The van der Waals surface area contributed by atoms with Crippen LogP contribution in [0.4, 0.5) is 5.95 Å². The van der Waals surface area contributed by atoms with Gasteiger partial charge in [0.25, 0.3) is 0 Å². The normalized spacial score (nSPS) is 25.4. The van der Waals surface area contributed by atoms with Crippen molar-refractivity contribution in [1.29, 1.82) is 0 Å². The highest BCUT2D eigenvalue weighted by Gasteiger charge is 2.20. The van der Waals surface area contributed by atoms with Crippen molar-refractivity contribution >= 4 is 5.95 Å². The lowest BCUT2D eigenvalue weighted by molar-refractivity contribution is 0.418. The van der Waals surface area contributed by atoms with Gasteiger partial charge in [0.2, 0.25) is 5.95 Å². The van der Waals surface area contributed by atoms with Crippen LogP contribution in [0.15, 0.2) is 12.4 Å². The Bertz CT molecular complexity index is 339. The molecule has 2 heterocycles. The maximum atomic E-state index is 4.40. The molecule has 4 heteroatoms. The molecule has 86 valence electrons. The van der Waals surface area contributed by atoms with E-state index >= 15 is 0 Å². The molecule has 3 rings (SSSR count). The fourth-order valence-corrected chi connectivity index (χ4v) is 2.33. The summed E-state index contributed by atoms with van der Waals surface area (Å²) in [6.45, 7) is 2.12. The number of hydrogen-bond acceptors (Lipinski definition) is 4. The Kier molecular flexibility index (Phi) is 2.74. The summed E-state index contributed by atoms with van der Waals surface area (Å²) >= 11 is 0. The van der Waals surface area contributed by atoms with Crippen LogP contribution in [-0.2, 0) is 0 Å². The summed E-state index contributed by atoms with van der Waals surface area (Å²) in [6.07, 6.45) is 9.11. The predicted octanol–water partition coefficient (Wildman–Crippen LogP) is 1.52. The van der Waals surface area contributed by atoms with Gasteiger partial charge in [-0.25, -0.2) is 9.97 Å². The molecule has 1 aromatic rings. The highest BCUT2D eigenvalue weighted by atomic mass is 15.1. The largest absolute Gasteiger partial charge is 0.350 e. The Balaban J connectivity index is 1.62. The van der Waals surface area contributed by atoms with E-state index < -0.39 is 0 Å². The van der Waals surface area contributed by atoms with Gasteiger partial charge in [0, 0.05) is 25.0 Å². The van der Waals surface area contributed by atoms with Crippen LogP contribution in [0.25, 0.3) is 0 Å². The molecule has 1 saturated heterocycles. The molecule has 16 heavy (non-hydrogen) atoms. The van der Waals surface area contributed by atoms with Gasteiger partial charge in [0.1, 0.15) is 0 Å². The third-order valence-electron chi connectivity index (χ3n) is 3.64. The average Bonchev–Trinajstić information content (AvgIpc) is 2.71. The van der Waals surface area contributed by atoms with Crippen LogP contribution < -0.4 is 10.6 Å². The molecule has 1 aromatic heterocycles. The Hall–Kier alpha value is -1.16. The molecule has 1 atom stereocenters. The number of nitrogens with one attached hydrogen (secondary N) is 2. The SMILES string of the molecule is c1nc(NC2CCNC2)ncc1C1CCC1. The van der Waals surface area contributed by atoms with E-state index in [0.29, 0.717) is 6.04 Å². The molecule has 0 bridgehead atoms. The molecule has 1 saturated carbocycles. The molecule has 0 spiro atoms. The van der Waals surface area contributed by atoms with Crippen molar-refractivity contribution in [1.82, 2.24) is 15.3 Å². The van der Waals surface area contributed by atoms with Crippen molar-refractivity contribution in [2.24, 2.45) is 0 Å². The molecule has 2 aliphatic rings. The zero-order chi connectivity index (χ0) is 10.8. The maximum absolute atomic E-state index is 4.40. The lowest BCUT2D eigenvalue weighted by Gasteiger charge is -2.25. The standard InChI is InChI=1S/C12H18N4/c1-2-9(3-1)10-6-14-12(15-7-10)16-11-4-5-13-8-11/h6-7,9,11,13H,1-5,8H2,(H,14,15,16). The van der Waals surface area contributed by atoms with Crippen LogP contribution in [0.3, 0.4) is 0 Å². The number of anilines is 1. The lowest BCUT2D eigenvalue weighted by Crippen LogP contribution is -2.23. The first-order valence-corrected chi connectivity index (χ1v) is 6.21. The van der Waals surface area contributed by atoms with Gasteiger partial charge in [0.05, 0.1) is 0 Å². The predicted molar refractivity (Wildman–Crippen MR) is 63.5 cm³/mol. The molecule has 0 amide bonds. The third-order valence-corrected chi connectivity index (χ3v) is 3.64. The smallest absolute Gasteiger partial charge is 0.222 e. The highest BCUT2D eigenvalue weighted by molar-refractivity contribution is 5.28. The Morgan fingerprint density at radius 2 is 2.00 bits per heavy atom. The van der Waals surface area contributed by atoms with Crippen LogP contribution in [0, 0.1) is 0 Å². The Morgan fingerprint density at radius 1 is 1.19 bits per heavy atom. The van der Waals surface area contributed by atoms with Crippen molar-refractivity contribution in [3.8, 4) is 0 Å². The van der Waals surface area contributed by atoms with Crippen LogP contribution >= 0.6 is 0 Å². The summed E-state index contributed by atoms with van der Waals surface area (Å²) in [7, 11) is 0. The van der Waals surface area contributed by atoms with E-state index in [4.69, 9.17) is 0 Å². The summed E-state index contributed by atoms with van der Waals surface area (Å²) in [5, 5.41) is 6.68. The van der Waals surface area contributed by atoms with Gasteiger partial charge in [0.15, 0.2) is 0 Å². The van der Waals surface area contributed by atoms with E-state index in [2.05, 4.69) is 20.6 Å². The Labute approximate surface area is 95.9 Å². The molecule has 4 nitrogen and oxygen atoms in total. The molecule has 1 unspecified atom stereocenters. The third kappa shape index (κ3) is 2.02. The second-order valence-corrected chi connectivity index (χ2v) is 4.80. The van der Waals surface area contributed by atoms with E-state index in [-0.39, 0.29) is 0 Å². The first-order chi connectivity index (χ1) is 7.92. The zero-order valence-electron chi connectivity index (χ0n) is 9.45. The van der Waals surface area contributed by atoms with Crippen molar-refractivity contribution in [3.63, 3.8) is 0 Å². The van der Waals surface area contributed by atoms with Gasteiger partial charge in [-0.1, -0.05) is 6.42 Å². The van der Waals surface area contributed by atoms with Crippen LogP contribution in [0.1, 0.15) is 37.2 Å². The summed E-state index contributed by atoms with van der Waals surface area (Å²) in [6, 6.07) is 0.495. The molecule has 1 aliphatic heterocycles. The van der Waals surface area contributed by atoms with Crippen LogP contribution in [-0.4, -0.2) is 29.1 Å². The number of hydrogen-bond donors (Lipinski definition) is 2. The quantitative estimate of drug-likeness (QED) is 0.807. The minimum absolute atomic E-state index is 0.495. The second-order valence-electron chi connectivity index (χ2n) is 4.80.